The van der Waals surface area contributed by atoms with Gasteiger partial charge in [-0.2, -0.15) is 0 Å². The summed E-state index contributed by atoms with van der Waals surface area (Å²) in [6, 6.07) is 5.80. The maximum Gasteiger partial charge on any atom is 0.303 e. The third-order valence-corrected chi connectivity index (χ3v) is 4.70. The number of halogens is 1. The Morgan fingerprint density at radius 2 is 2.26 bits per heavy atom. The van der Waals surface area contributed by atoms with Crippen molar-refractivity contribution in [1.29, 1.82) is 0 Å². The smallest absolute Gasteiger partial charge is 0.303 e. The van der Waals surface area contributed by atoms with Crippen LogP contribution in [0.1, 0.15) is 37.7 Å². The predicted octanol–water partition coefficient (Wildman–Crippen LogP) is 3.86. The van der Waals surface area contributed by atoms with Crippen molar-refractivity contribution >= 4 is 17.6 Å². The van der Waals surface area contributed by atoms with Gasteiger partial charge in [-0.1, -0.05) is 11.6 Å². The van der Waals surface area contributed by atoms with Crippen molar-refractivity contribution in [3.05, 3.63) is 28.8 Å². The Hall–Kier alpha value is -1.26. The van der Waals surface area contributed by atoms with Gasteiger partial charge in [0, 0.05) is 18.0 Å². The standard InChI is InChI=1S/C18H26ClNO3/c1-23-17-8-7-16(19)12-15(17)11-14-5-4-10-20(13-14)9-3-2-6-18(21)22/h7-8,12,14H,2-6,9-11,13H2,1H3,(H,21,22). The summed E-state index contributed by atoms with van der Waals surface area (Å²) >= 11 is 6.12. The van der Waals surface area contributed by atoms with Crippen molar-refractivity contribution in [3.8, 4) is 5.75 Å². The van der Waals surface area contributed by atoms with E-state index in [0.29, 0.717) is 5.92 Å². The fourth-order valence-electron chi connectivity index (χ4n) is 3.35. The summed E-state index contributed by atoms with van der Waals surface area (Å²) in [4.78, 5) is 13.0. The Bertz CT molecular complexity index is 521. The number of piperidine rings is 1. The average Bonchev–Trinajstić information content (AvgIpc) is 2.52. The van der Waals surface area contributed by atoms with Crippen molar-refractivity contribution in [2.75, 3.05) is 26.7 Å². The van der Waals surface area contributed by atoms with E-state index in [1.807, 2.05) is 18.2 Å². The second-order valence-corrected chi connectivity index (χ2v) is 6.76. The zero-order valence-corrected chi connectivity index (χ0v) is 14.5. The van der Waals surface area contributed by atoms with Crippen LogP contribution in [0.15, 0.2) is 18.2 Å². The lowest BCUT2D eigenvalue weighted by molar-refractivity contribution is -0.137. The van der Waals surface area contributed by atoms with Gasteiger partial charge < -0.3 is 14.7 Å². The number of carboxylic acids is 1. The Morgan fingerprint density at radius 1 is 1.43 bits per heavy atom. The largest absolute Gasteiger partial charge is 0.496 e. The van der Waals surface area contributed by atoms with Gasteiger partial charge in [0.25, 0.3) is 0 Å². The van der Waals surface area contributed by atoms with Crippen molar-refractivity contribution in [3.63, 3.8) is 0 Å². The number of hydrogen-bond donors (Lipinski definition) is 1. The number of carbonyl (C=O) groups is 1. The van der Waals surface area contributed by atoms with Gasteiger partial charge in [-0.05, 0) is 74.9 Å². The van der Waals surface area contributed by atoms with Gasteiger partial charge in [-0.15, -0.1) is 0 Å². The van der Waals surface area contributed by atoms with Gasteiger partial charge >= 0.3 is 5.97 Å². The maximum absolute atomic E-state index is 10.6. The molecule has 1 saturated heterocycles. The lowest BCUT2D eigenvalue weighted by Crippen LogP contribution is -2.36. The summed E-state index contributed by atoms with van der Waals surface area (Å²) in [6.07, 6.45) is 5.40. The molecule has 0 bridgehead atoms. The van der Waals surface area contributed by atoms with Crippen LogP contribution in [0.4, 0.5) is 0 Å². The number of hydrogen-bond acceptors (Lipinski definition) is 3. The quantitative estimate of drug-likeness (QED) is 0.731. The molecule has 4 nitrogen and oxygen atoms in total. The van der Waals surface area contributed by atoms with E-state index in [-0.39, 0.29) is 6.42 Å². The highest BCUT2D eigenvalue weighted by molar-refractivity contribution is 6.30. The van der Waals surface area contributed by atoms with Crippen LogP contribution in [0.2, 0.25) is 5.02 Å². The summed E-state index contributed by atoms with van der Waals surface area (Å²) in [5.41, 5.74) is 1.18. The molecule has 1 aliphatic rings. The molecule has 1 atom stereocenters. The SMILES string of the molecule is COc1ccc(Cl)cc1CC1CCCN(CCCCC(=O)O)C1. The molecule has 1 N–H and O–H groups in total. The van der Waals surface area contributed by atoms with Crippen LogP contribution in [-0.4, -0.2) is 42.7 Å². The number of nitrogens with zero attached hydrogens (tertiary/aromatic N) is 1. The molecule has 0 aliphatic carbocycles. The zero-order valence-electron chi connectivity index (χ0n) is 13.8. The summed E-state index contributed by atoms with van der Waals surface area (Å²) in [6.45, 7) is 3.19. The van der Waals surface area contributed by atoms with E-state index in [9.17, 15) is 4.79 Å². The fraction of sp³-hybridized carbons (Fsp3) is 0.611. The van der Waals surface area contributed by atoms with Gasteiger partial charge in [0.05, 0.1) is 7.11 Å². The molecular formula is C18H26ClNO3. The van der Waals surface area contributed by atoms with Crippen LogP contribution >= 0.6 is 11.6 Å². The molecule has 1 aromatic carbocycles. The van der Waals surface area contributed by atoms with Gasteiger partial charge in [-0.25, -0.2) is 0 Å². The molecular weight excluding hydrogens is 314 g/mol. The highest BCUT2D eigenvalue weighted by Gasteiger charge is 2.21. The molecule has 0 radical (unpaired) electrons. The third-order valence-electron chi connectivity index (χ3n) is 4.47. The number of aliphatic carboxylic acids is 1. The van der Waals surface area contributed by atoms with Gasteiger partial charge in [0.15, 0.2) is 0 Å². The van der Waals surface area contributed by atoms with E-state index < -0.39 is 5.97 Å². The number of unbranched alkanes of at least 4 members (excludes halogenated alkanes) is 1. The first kappa shape index (κ1) is 18.1. The van der Waals surface area contributed by atoms with E-state index in [4.69, 9.17) is 21.4 Å². The summed E-state index contributed by atoms with van der Waals surface area (Å²) in [5, 5.41) is 9.44. The number of rotatable bonds is 8. The van der Waals surface area contributed by atoms with E-state index >= 15 is 0 Å². The van der Waals surface area contributed by atoms with Crippen LogP contribution in [0.3, 0.4) is 0 Å². The van der Waals surface area contributed by atoms with E-state index in [1.54, 1.807) is 7.11 Å². The molecule has 0 spiro atoms. The Balaban J connectivity index is 1.84. The average molecular weight is 340 g/mol. The van der Waals surface area contributed by atoms with Crippen LogP contribution in [0.25, 0.3) is 0 Å². The van der Waals surface area contributed by atoms with Crippen molar-refractivity contribution < 1.29 is 14.6 Å². The number of methoxy groups -OCH3 is 1. The lowest BCUT2D eigenvalue weighted by atomic mass is 9.90. The normalized spacial score (nSPS) is 18.8. The van der Waals surface area contributed by atoms with Crippen molar-refractivity contribution in [2.45, 2.75) is 38.5 Å². The summed E-state index contributed by atoms with van der Waals surface area (Å²) in [5.74, 6) is 0.818. The number of benzene rings is 1. The van der Waals surface area contributed by atoms with E-state index in [1.165, 1.54) is 18.4 Å². The van der Waals surface area contributed by atoms with Gasteiger partial charge in [-0.3, -0.25) is 4.79 Å². The van der Waals surface area contributed by atoms with Crippen LogP contribution in [0, 0.1) is 5.92 Å². The molecule has 0 aromatic heterocycles. The summed E-state index contributed by atoms with van der Waals surface area (Å²) < 4.78 is 5.44. The maximum atomic E-state index is 10.6. The minimum absolute atomic E-state index is 0.275. The molecule has 23 heavy (non-hydrogen) atoms. The monoisotopic (exact) mass is 339 g/mol. The molecule has 0 amide bonds. The topological polar surface area (TPSA) is 49.8 Å². The first-order chi connectivity index (χ1) is 11.1. The molecule has 2 rings (SSSR count). The summed E-state index contributed by atoms with van der Waals surface area (Å²) in [7, 11) is 1.70. The molecule has 1 fully saturated rings. The Kier molecular flexibility index (Phi) is 7.18. The second-order valence-electron chi connectivity index (χ2n) is 6.32. The number of ether oxygens (including phenoxy) is 1. The minimum Gasteiger partial charge on any atom is -0.496 e. The minimum atomic E-state index is -0.699. The van der Waals surface area contributed by atoms with E-state index in [0.717, 1.165) is 49.7 Å². The molecule has 5 heteroatoms. The fourth-order valence-corrected chi connectivity index (χ4v) is 3.55. The molecule has 1 unspecified atom stereocenters. The van der Waals surface area contributed by atoms with Gasteiger partial charge in [0.1, 0.15) is 5.75 Å². The first-order valence-electron chi connectivity index (χ1n) is 8.35. The van der Waals surface area contributed by atoms with Crippen molar-refractivity contribution in [1.82, 2.24) is 4.90 Å². The van der Waals surface area contributed by atoms with Crippen LogP contribution in [0.5, 0.6) is 5.75 Å². The third kappa shape index (κ3) is 6.04. The molecule has 1 heterocycles. The molecule has 0 saturated carbocycles. The van der Waals surface area contributed by atoms with Crippen LogP contribution in [-0.2, 0) is 11.2 Å². The second kappa shape index (κ2) is 9.14. The predicted molar refractivity (Wildman–Crippen MR) is 92.4 cm³/mol. The number of carboxylic acid groups (broad SMARTS) is 1. The number of likely N-dealkylation sites (tertiary alicyclic amines) is 1. The van der Waals surface area contributed by atoms with Crippen LogP contribution < -0.4 is 4.74 Å². The zero-order chi connectivity index (χ0) is 16.7. The first-order valence-corrected chi connectivity index (χ1v) is 8.73. The Morgan fingerprint density at radius 3 is 3.00 bits per heavy atom. The van der Waals surface area contributed by atoms with Gasteiger partial charge in [0.2, 0.25) is 0 Å². The van der Waals surface area contributed by atoms with Crippen molar-refractivity contribution in [2.24, 2.45) is 5.92 Å². The molecule has 128 valence electrons. The lowest BCUT2D eigenvalue weighted by Gasteiger charge is -2.33. The highest BCUT2D eigenvalue weighted by atomic mass is 35.5. The molecule has 1 aromatic rings. The highest BCUT2D eigenvalue weighted by Crippen LogP contribution is 2.28. The Labute approximate surface area is 143 Å². The molecule has 1 aliphatic heterocycles. The van der Waals surface area contributed by atoms with E-state index in [2.05, 4.69) is 4.90 Å².